The van der Waals surface area contributed by atoms with E-state index in [0.717, 1.165) is 5.82 Å². The molecule has 0 radical (unpaired) electrons. The predicted octanol–water partition coefficient (Wildman–Crippen LogP) is 0.932. The van der Waals surface area contributed by atoms with Crippen LogP contribution in [0.15, 0.2) is 15.8 Å². The standard InChI is InChI=1S/C10H13N5O2S/c1-6-12-10(15-14-6)18-4-3-11-9(16)8-5-17-7(2)13-8/h5H,3-4H2,1-2H3,(H,11,16)(H,12,14,15). The molecular formula is C10H13N5O2S. The van der Waals surface area contributed by atoms with E-state index in [-0.39, 0.29) is 5.91 Å². The fraction of sp³-hybridized carbons (Fsp3) is 0.400. The van der Waals surface area contributed by atoms with E-state index in [4.69, 9.17) is 4.42 Å². The van der Waals surface area contributed by atoms with Gasteiger partial charge in [-0.2, -0.15) is 0 Å². The van der Waals surface area contributed by atoms with E-state index in [1.165, 1.54) is 18.0 Å². The van der Waals surface area contributed by atoms with Crippen LogP contribution in [0.5, 0.6) is 0 Å². The molecule has 0 aliphatic rings. The van der Waals surface area contributed by atoms with Gasteiger partial charge in [-0.05, 0) is 6.92 Å². The van der Waals surface area contributed by atoms with Crippen molar-refractivity contribution < 1.29 is 9.21 Å². The van der Waals surface area contributed by atoms with Crippen LogP contribution < -0.4 is 5.32 Å². The molecule has 0 saturated heterocycles. The number of thioether (sulfide) groups is 1. The Morgan fingerprint density at radius 2 is 2.33 bits per heavy atom. The Labute approximate surface area is 108 Å². The van der Waals surface area contributed by atoms with Gasteiger partial charge < -0.3 is 9.73 Å². The first-order chi connectivity index (χ1) is 8.65. The van der Waals surface area contributed by atoms with Crippen molar-refractivity contribution in [2.75, 3.05) is 12.3 Å². The second-order valence-corrected chi connectivity index (χ2v) is 4.62. The normalized spacial score (nSPS) is 10.6. The van der Waals surface area contributed by atoms with Gasteiger partial charge in [0, 0.05) is 19.2 Å². The summed E-state index contributed by atoms with van der Waals surface area (Å²) in [5.41, 5.74) is 0.297. The van der Waals surface area contributed by atoms with Crippen LogP contribution in [0, 0.1) is 13.8 Å². The summed E-state index contributed by atoms with van der Waals surface area (Å²) < 4.78 is 4.96. The van der Waals surface area contributed by atoms with E-state index < -0.39 is 0 Å². The molecular weight excluding hydrogens is 254 g/mol. The van der Waals surface area contributed by atoms with Crippen LogP contribution >= 0.6 is 11.8 Å². The quantitative estimate of drug-likeness (QED) is 0.618. The lowest BCUT2D eigenvalue weighted by molar-refractivity contribution is 0.0951. The number of rotatable bonds is 5. The molecule has 96 valence electrons. The van der Waals surface area contributed by atoms with Crippen LogP contribution in [-0.2, 0) is 0 Å². The number of H-pyrrole nitrogens is 1. The number of hydrogen-bond acceptors (Lipinski definition) is 6. The van der Waals surface area contributed by atoms with E-state index in [0.29, 0.717) is 29.0 Å². The van der Waals surface area contributed by atoms with Crippen molar-refractivity contribution in [3.05, 3.63) is 23.7 Å². The average molecular weight is 267 g/mol. The molecule has 0 saturated carbocycles. The summed E-state index contributed by atoms with van der Waals surface area (Å²) in [4.78, 5) is 19.7. The maximum absolute atomic E-state index is 11.6. The molecule has 2 N–H and O–H groups in total. The van der Waals surface area contributed by atoms with Crippen molar-refractivity contribution in [3.8, 4) is 0 Å². The van der Waals surface area contributed by atoms with Gasteiger partial charge in [0.1, 0.15) is 12.1 Å². The zero-order valence-corrected chi connectivity index (χ0v) is 10.9. The minimum atomic E-state index is -0.237. The zero-order chi connectivity index (χ0) is 13.0. The molecule has 0 aliphatic carbocycles. The molecule has 2 aromatic heterocycles. The van der Waals surface area contributed by atoms with E-state index in [9.17, 15) is 4.79 Å². The topological polar surface area (TPSA) is 96.7 Å². The first-order valence-corrected chi connectivity index (χ1v) is 6.36. The van der Waals surface area contributed by atoms with E-state index in [1.54, 1.807) is 6.92 Å². The number of aromatic amines is 1. The van der Waals surface area contributed by atoms with Gasteiger partial charge in [-0.25, -0.2) is 9.97 Å². The Morgan fingerprint density at radius 1 is 1.50 bits per heavy atom. The lowest BCUT2D eigenvalue weighted by Gasteiger charge is -2.00. The molecule has 2 heterocycles. The predicted molar refractivity (Wildman–Crippen MR) is 65.4 cm³/mol. The Bertz CT molecular complexity index is 536. The fourth-order valence-corrected chi connectivity index (χ4v) is 1.95. The van der Waals surface area contributed by atoms with Crippen molar-refractivity contribution in [1.82, 2.24) is 25.5 Å². The molecule has 1 amide bonds. The summed E-state index contributed by atoms with van der Waals surface area (Å²) >= 11 is 1.47. The molecule has 0 unspecified atom stereocenters. The lowest BCUT2D eigenvalue weighted by Crippen LogP contribution is -2.26. The summed E-state index contributed by atoms with van der Waals surface area (Å²) in [6.07, 6.45) is 1.34. The largest absolute Gasteiger partial charge is 0.448 e. The van der Waals surface area contributed by atoms with Gasteiger partial charge in [0.05, 0.1) is 0 Å². The minimum absolute atomic E-state index is 0.237. The molecule has 0 fully saturated rings. The second-order valence-electron chi connectivity index (χ2n) is 3.56. The average Bonchev–Trinajstić information content (AvgIpc) is 2.93. The van der Waals surface area contributed by atoms with E-state index in [1.807, 2.05) is 6.92 Å². The number of aryl methyl sites for hydroxylation is 2. The maximum atomic E-state index is 11.6. The third-order valence-electron chi connectivity index (χ3n) is 2.05. The van der Waals surface area contributed by atoms with Crippen LogP contribution in [0.1, 0.15) is 22.2 Å². The lowest BCUT2D eigenvalue weighted by atomic mass is 10.4. The van der Waals surface area contributed by atoms with Gasteiger partial charge >= 0.3 is 0 Å². The Balaban J connectivity index is 1.71. The van der Waals surface area contributed by atoms with Crippen LogP contribution in [0.25, 0.3) is 0 Å². The van der Waals surface area contributed by atoms with E-state index >= 15 is 0 Å². The summed E-state index contributed by atoms with van der Waals surface area (Å²) in [5.74, 6) is 1.71. The number of amides is 1. The number of carbonyl (C=O) groups excluding carboxylic acids is 1. The van der Waals surface area contributed by atoms with Crippen LogP contribution in [-0.4, -0.2) is 38.4 Å². The van der Waals surface area contributed by atoms with Gasteiger partial charge in [0.2, 0.25) is 5.16 Å². The summed E-state index contributed by atoms with van der Waals surface area (Å²) in [7, 11) is 0. The third kappa shape index (κ3) is 3.33. The third-order valence-corrected chi connectivity index (χ3v) is 2.90. The Kier molecular flexibility index (Phi) is 3.98. The molecule has 0 bridgehead atoms. The molecule has 0 aliphatic heterocycles. The Hall–Kier alpha value is -1.83. The van der Waals surface area contributed by atoms with Gasteiger partial charge in [-0.3, -0.25) is 9.89 Å². The van der Waals surface area contributed by atoms with Gasteiger partial charge in [-0.15, -0.1) is 5.10 Å². The van der Waals surface area contributed by atoms with Crippen LogP contribution in [0.4, 0.5) is 0 Å². The van der Waals surface area contributed by atoms with Crippen molar-refractivity contribution in [1.29, 1.82) is 0 Å². The number of hydrogen-bond donors (Lipinski definition) is 2. The first kappa shape index (κ1) is 12.6. The molecule has 2 aromatic rings. The molecule has 8 heteroatoms. The second kappa shape index (κ2) is 5.67. The highest BCUT2D eigenvalue weighted by molar-refractivity contribution is 7.99. The zero-order valence-electron chi connectivity index (χ0n) is 10.1. The number of carbonyl (C=O) groups is 1. The molecule has 0 aromatic carbocycles. The molecule has 2 rings (SSSR count). The number of aromatic nitrogens is 4. The fourth-order valence-electron chi connectivity index (χ4n) is 1.25. The van der Waals surface area contributed by atoms with Gasteiger partial charge in [0.15, 0.2) is 11.6 Å². The highest BCUT2D eigenvalue weighted by Gasteiger charge is 2.09. The highest BCUT2D eigenvalue weighted by atomic mass is 32.2. The van der Waals surface area contributed by atoms with E-state index in [2.05, 4.69) is 25.5 Å². The highest BCUT2D eigenvalue weighted by Crippen LogP contribution is 2.10. The van der Waals surface area contributed by atoms with Gasteiger partial charge in [0.25, 0.3) is 5.91 Å². The smallest absolute Gasteiger partial charge is 0.273 e. The summed E-state index contributed by atoms with van der Waals surface area (Å²) in [6.45, 7) is 4.05. The van der Waals surface area contributed by atoms with Crippen LogP contribution in [0.3, 0.4) is 0 Å². The molecule has 7 nitrogen and oxygen atoms in total. The number of nitrogens with one attached hydrogen (secondary N) is 2. The van der Waals surface area contributed by atoms with Crippen molar-refractivity contribution >= 4 is 17.7 Å². The first-order valence-electron chi connectivity index (χ1n) is 5.37. The van der Waals surface area contributed by atoms with Crippen LogP contribution in [0.2, 0.25) is 0 Å². The SMILES string of the molecule is Cc1nc(SCCNC(=O)c2coc(C)n2)n[nH]1. The molecule has 0 spiro atoms. The monoisotopic (exact) mass is 267 g/mol. The summed E-state index contributed by atoms with van der Waals surface area (Å²) in [6, 6.07) is 0. The van der Waals surface area contributed by atoms with Crippen molar-refractivity contribution in [2.45, 2.75) is 19.0 Å². The summed E-state index contributed by atoms with van der Waals surface area (Å²) in [5, 5.41) is 10.2. The maximum Gasteiger partial charge on any atom is 0.273 e. The number of oxazole rings is 1. The van der Waals surface area contributed by atoms with Crippen molar-refractivity contribution in [3.63, 3.8) is 0 Å². The Morgan fingerprint density at radius 3 is 2.94 bits per heavy atom. The molecule has 18 heavy (non-hydrogen) atoms. The van der Waals surface area contributed by atoms with Gasteiger partial charge in [-0.1, -0.05) is 11.8 Å². The van der Waals surface area contributed by atoms with Crippen molar-refractivity contribution in [2.24, 2.45) is 0 Å². The molecule has 0 atom stereocenters. The minimum Gasteiger partial charge on any atom is -0.448 e. The number of nitrogens with zero attached hydrogens (tertiary/aromatic N) is 3.